The number of benzene rings is 2. The van der Waals surface area contributed by atoms with E-state index in [2.05, 4.69) is 30.0 Å². The van der Waals surface area contributed by atoms with Gasteiger partial charge in [-0.15, -0.1) is 0 Å². The molecule has 0 radical (unpaired) electrons. The molecular weight excluding hydrogens is 370 g/mol. The highest BCUT2D eigenvalue weighted by Gasteiger charge is 2.41. The van der Waals surface area contributed by atoms with Crippen LogP contribution in [0.4, 0.5) is 0 Å². The smallest absolute Gasteiger partial charge is 0.140 e. The number of likely N-dealkylation sites (N-methyl/N-ethyl adjacent to an activating group) is 1. The molecule has 1 fully saturated rings. The third kappa shape index (κ3) is 3.75. The molecule has 2 aromatic rings. The molecule has 0 unspecified atom stereocenters. The number of piperidine rings is 1. The molecule has 4 nitrogen and oxygen atoms in total. The number of likely N-dealkylation sites (tertiary alicyclic amines) is 1. The maximum Gasteiger partial charge on any atom is 0.140 e. The number of para-hydroxylation sites is 1. The first-order valence-electron chi connectivity index (χ1n) is 9.91. The maximum atomic E-state index is 9.64. The molecule has 3 atom stereocenters. The van der Waals surface area contributed by atoms with E-state index in [0.717, 1.165) is 36.4 Å². The zero-order valence-electron chi connectivity index (χ0n) is 16.4. The standard InChI is InChI=1S/C23H26ClN3O/c1-26(2)18-7-6-10-27(15-18)22-13-20-16(14-25)11-17(24)12-21(20)23(22)28-19-8-4-3-5-9-19/h3-5,8-9,11-12,18,22-23H,6-7,10,13,15H2,1-2H3/t18-,22+,23+/m1/s1. The molecule has 1 aliphatic heterocycles. The van der Waals surface area contributed by atoms with Crippen molar-refractivity contribution in [2.45, 2.75) is 37.5 Å². The number of nitrogens with zero attached hydrogens (tertiary/aromatic N) is 3. The predicted octanol–water partition coefficient (Wildman–Crippen LogP) is 4.28. The van der Waals surface area contributed by atoms with Crippen LogP contribution in [0.15, 0.2) is 42.5 Å². The molecule has 0 bridgehead atoms. The van der Waals surface area contributed by atoms with Gasteiger partial charge in [0, 0.05) is 17.6 Å². The molecule has 146 valence electrons. The summed E-state index contributed by atoms with van der Waals surface area (Å²) in [5, 5.41) is 10.2. The number of ether oxygens (including phenoxy) is 1. The number of nitriles is 1. The van der Waals surface area contributed by atoms with Crippen molar-refractivity contribution in [2.75, 3.05) is 27.2 Å². The van der Waals surface area contributed by atoms with E-state index in [1.807, 2.05) is 36.4 Å². The van der Waals surface area contributed by atoms with Gasteiger partial charge in [-0.3, -0.25) is 4.90 Å². The maximum absolute atomic E-state index is 9.64. The van der Waals surface area contributed by atoms with Crippen LogP contribution < -0.4 is 4.74 Å². The van der Waals surface area contributed by atoms with E-state index < -0.39 is 0 Å². The van der Waals surface area contributed by atoms with Gasteiger partial charge in [-0.2, -0.15) is 5.26 Å². The molecule has 2 aliphatic rings. The van der Waals surface area contributed by atoms with Gasteiger partial charge in [0.1, 0.15) is 11.9 Å². The Balaban J connectivity index is 1.69. The topological polar surface area (TPSA) is 39.5 Å². The van der Waals surface area contributed by atoms with E-state index in [1.54, 1.807) is 6.07 Å². The van der Waals surface area contributed by atoms with E-state index in [9.17, 15) is 5.26 Å². The highest BCUT2D eigenvalue weighted by molar-refractivity contribution is 6.30. The Bertz CT molecular complexity index is 877. The number of hydrogen-bond donors (Lipinski definition) is 0. The second-order valence-electron chi connectivity index (χ2n) is 8.01. The molecule has 0 N–H and O–H groups in total. The summed E-state index contributed by atoms with van der Waals surface area (Å²) < 4.78 is 6.49. The van der Waals surface area contributed by atoms with Gasteiger partial charge < -0.3 is 9.64 Å². The molecule has 0 amide bonds. The van der Waals surface area contributed by atoms with Gasteiger partial charge in [0.05, 0.1) is 17.7 Å². The fourth-order valence-electron chi connectivity index (χ4n) is 4.58. The average Bonchev–Trinajstić information content (AvgIpc) is 3.06. The fraction of sp³-hybridized carbons (Fsp3) is 0.435. The normalized spacial score (nSPS) is 24.8. The summed E-state index contributed by atoms with van der Waals surface area (Å²) in [6, 6.07) is 16.8. The molecular formula is C23H26ClN3O. The van der Waals surface area contributed by atoms with Gasteiger partial charge >= 0.3 is 0 Å². The van der Waals surface area contributed by atoms with Crippen molar-refractivity contribution in [1.29, 1.82) is 5.26 Å². The monoisotopic (exact) mass is 395 g/mol. The molecule has 1 heterocycles. The molecule has 1 aliphatic carbocycles. The lowest BCUT2D eigenvalue weighted by molar-refractivity contribution is 0.0380. The Morgan fingerprint density at radius 3 is 2.71 bits per heavy atom. The SMILES string of the molecule is CN(C)[C@@H]1CCCN([C@H]2Cc3c(C#N)cc(Cl)cc3[C@@H]2Oc2ccccc2)C1. The summed E-state index contributed by atoms with van der Waals surface area (Å²) >= 11 is 6.35. The summed E-state index contributed by atoms with van der Waals surface area (Å²) in [7, 11) is 4.31. The van der Waals surface area contributed by atoms with Gasteiger partial charge in [-0.1, -0.05) is 29.8 Å². The predicted molar refractivity (Wildman–Crippen MR) is 112 cm³/mol. The lowest BCUT2D eigenvalue weighted by atomic mass is 10.0. The average molecular weight is 396 g/mol. The minimum atomic E-state index is -0.121. The third-order valence-electron chi connectivity index (χ3n) is 6.07. The number of halogens is 1. The lowest BCUT2D eigenvalue weighted by Crippen LogP contribution is -2.51. The van der Waals surface area contributed by atoms with Gasteiger partial charge in [0.15, 0.2) is 0 Å². The van der Waals surface area contributed by atoms with Crippen LogP contribution in [-0.4, -0.2) is 49.1 Å². The Morgan fingerprint density at radius 2 is 2.00 bits per heavy atom. The zero-order valence-corrected chi connectivity index (χ0v) is 17.2. The van der Waals surface area contributed by atoms with Crippen LogP contribution in [0.2, 0.25) is 5.02 Å². The summed E-state index contributed by atoms with van der Waals surface area (Å²) in [5.41, 5.74) is 2.82. The van der Waals surface area contributed by atoms with Crippen molar-refractivity contribution in [2.24, 2.45) is 0 Å². The van der Waals surface area contributed by atoms with Crippen LogP contribution >= 0.6 is 11.6 Å². The molecule has 0 aromatic heterocycles. The lowest BCUT2D eigenvalue weighted by Gasteiger charge is -2.41. The van der Waals surface area contributed by atoms with Crippen LogP contribution in [0.1, 0.15) is 35.6 Å². The minimum absolute atomic E-state index is 0.121. The Hall–Kier alpha value is -2.06. The van der Waals surface area contributed by atoms with Crippen molar-refractivity contribution in [3.63, 3.8) is 0 Å². The molecule has 28 heavy (non-hydrogen) atoms. The zero-order chi connectivity index (χ0) is 19.7. The first-order chi connectivity index (χ1) is 13.6. The Labute approximate surface area is 172 Å². The van der Waals surface area contributed by atoms with Gasteiger partial charge in [0.2, 0.25) is 0 Å². The van der Waals surface area contributed by atoms with E-state index in [0.29, 0.717) is 16.6 Å². The Morgan fingerprint density at radius 1 is 1.21 bits per heavy atom. The molecule has 5 heteroatoms. The van der Waals surface area contributed by atoms with Crippen molar-refractivity contribution in [3.05, 3.63) is 64.2 Å². The van der Waals surface area contributed by atoms with E-state index in [1.165, 1.54) is 12.8 Å². The van der Waals surface area contributed by atoms with Crippen molar-refractivity contribution in [3.8, 4) is 11.8 Å². The van der Waals surface area contributed by atoms with Crippen LogP contribution in [-0.2, 0) is 6.42 Å². The van der Waals surface area contributed by atoms with Crippen molar-refractivity contribution in [1.82, 2.24) is 9.80 Å². The van der Waals surface area contributed by atoms with E-state index >= 15 is 0 Å². The number of fused-ring (bicyclic) bond motifs is 1. The van der Waals surface area contributed by atoms with Crippen LogP contribution in [0.3, 0.4) is 0 Å². The van der Waals surface area contributed by atoms with Gasteiger partial charge in [-0.05, 0) is 75.3 Å². The molecule has 2 aromatic carbocycles. The van der Waals surface area contributed by atoms with Gasteiger partial charge in [-0.25, -0.2) is 0 Å². The van der Waals surface area contributed by atoms with E-state index in [4.69, 9.17) is 16.3 Å². The number of hydrogen-bond acceptors (Lipinski definition) is 4. The highest BCUT2D eigenvalue weighted by atomic mass is 35.5. The van der Waals surface area contributed by atoms with Crippen LogP contribution in [0.25, 0.3) is 0 Å². The Kier molecular flexibility index (Phi) is 5.59. The fourth-order valence-corrected chi connectivity index (χ4v) is 4.80. The first-order valence-corrected chi connectivity index (χ1v) is 10.3. The summed E-state index contributed by atoms with van der Waals surface area (Å²) in [5.74, 6) is 0.852. The molecule has 0 saturated carbocycles. The van der Waals surface area contributed by atoms with Crippen LogP contribution in [0, 0.1) is 11.3 Å². The van der Waals surface area contributed by atoms with Crippen LogP contribution in [0.5, 0.6) is 5.75 Å². The second-order valence-corrected chi connectivity index (χ2v) is 8.45. The summed E-state index contributed by atoms with van der Waals surface area (Å²) in [4.78, 5) is 4.87. The minimum Gasteiger partial charge on any atom is -0.484 e. The molecule has 4 rings (SSSR count). The summed E-state index contributed by atoms with van der Waals surface area (Å²) in [6.45, 7) is 2.09. The summed E-state index contributed by atoms with van der Waals surface area (Å²) in [6.07, 6.45) is 3.11. The second kappa shape index (κ2) is 8.13. The first kappa shape index (κ1) is 19.3. The quantitative estimate of drug-likeness (QED) is 0.774. The van der Waals surface area contributed by atoms with Crippen molar-refractivity contribution >= 4 is 11.6 Å². The van der Waals surface area contributed by atoms with Crippen molar-refractivity contribution < 1.29 is 4.74 Å². The molecule has 1 saturated heterocycles. The molecule has 0 spiro atoms. The highest BCUT2D eigenvalue weighted by Crippen LogP contribution is 2.41. The van der Waals surface area contributed by atoms with E-state index in [-0.39, 0.29) is 12.1 Å². The largest absolute Gasteiger partial charge is 0.484 e. The van der Waals surface area contributed by atoms with Gasteiger partial charge in [0.25, 0.3) is 0 Å². The number of rotatable bonds is 4. The third-order valence-corrected chi connectivity index (χ3v) is 6.29.